The number of benzene rings is 2. The summed E-state index contributed by atoms with van der Waals surface area (Å²) in [7, 11) is 0. The molecular weight excluding hydrogens is 488 g/mol. The predicted molar refractivity (Wildman–Crippen MR) is 135 cm³/mol. The Hall–Kier alpha value is -4.25. The van der Waals surface area contributed by atoms with Gasteiger partial charge in [0.2, 0.25) is 11.8 Å². The Balaban J connectivity index is 1.08. The highest BCUT2D eigenvalue weighted by Gasteiger charge is 2.40. The highest BCUT2D eigenvalue weighted by atomic mass is 16.5. The maximum absolute atomic E-state index is 13.0. The second kappa shape index (κ2) is 10.3. The van der Waals surface area contributed by atoms with E-state index in [1.54, 1.807) is 22.9 Å². The summed E-state index contributed by atoms with van der Waals surface area (Å²) >= 11 is 0. The van der Waals surface area contributed by atoms with Crippen molar-refractivity contribution in [3.63, 3.8) is 0 Å². The van der Waals surface area contributed by atoms with Gasteiger partial charge in [-0.15, -0.1) is 5.10 Å². The molecule has 0 radical (unpaired) electrons. The molecule has 1 unspecified atom stereocenters. The minimum Gasteiger partial charge on any atom is -0.487 e. The number of hydrogen-bond donors (Lipinski definition) is 1. The van der Waals surface area contributed by atoms with Crippen LogP contribution in [0.5, 0.6) is 5.75 Å². The number of anilines is 1. The molecule has 0 bridgehead atoms. The number of nitrogens with one attached hydrogen (secondary N) is 1. The Morgan fingerprint density at radius 3 is 2.66 bits per heavy atom. The van der Waals surface area contributed by atoms with Gasteiger partial charge in [0, 0.05) is 36.3 Å². The van der Waals surface area contributed by atoms with Crippen LogP contribution in [0.15, 0.2) is 48.7 Å². The molecule has 1 N–H and O–H groups in total. The minimum atomic E-state index is -0.664. The average molecular weight is 517 g/mol. The molecule has 1 aromatic heterocycles. The lowest BCUT2D eigenvalue weighted by Gasteiger charge is -2.29. The molecule has 2 aromatic carbocycles. The number of ether oxygens (including phenoxy) is 2. The second-order valence-electron chi connectivity index (χ2n) is 9.64. The van der Waals surface area contributed by atoms with E-state index in [1.807, 2.05) is 6.20 Å². The first-order valence-electron chi connectivity index (χ1n) is 12.7. The van der Waals surface area contributed by atoms with E-state index in [-0.39, 0.29) is 31.4 Å². The lowest BCUT2D eigenvalue weighted by atomic mass is 10.0. The standard InChI is InChI=1S/C27H28N6O5/c34-25-9-8-23(26(35)28-25)33-16-22-21(27(33)36)2-1-3-24(22)38-17-19-15-32(30-29-19)14-18-4-6-20(7-5-18)31-10-12-37-13-11-31/h1-7,15,23H,8-14,16-17H2,(H,28,34,35). The molecule has 6 rings (SSSR count). The second-order valence-corrected chi connectivity index (χ2v) is 9.64. The predicted octanol–water partition coefficient (Wildman–Crippen LogP) is 1.50. The van der Waals surface area contributed by atoms with Crippen LogP contribution in [0, 0.1) is 0 Å². The van der Waals surface area contributed by atoms with E-state index in [0.717, 1.165) is 37.4 Å². The van der Waals surface area contributed by atoms with Crippen molar-refractivity contribution in [2.45, 2.75) is 38.6 Å². The van der Waals surface area contributed by atoms with Crippen LogP contribution >= 0.6 is 0 Å². The number of piperidine rings is 1. The number of fused-ring (bicyclic) bond motifs is 1. The van der Waals surface area contributed by atoms with Crippen LogP contribution in [0.1, 0.15) is 40.0 Å². The van der Waals surface area contributed by atoms with E-state index >= 15 is 0 Å². The van der Waals surface area contributed by atoms with Gasteiger partial charge in [-0.05, 0) is 36.2 Å². The van der Waals surface area contributed by atoms with Crippen molar-refractivity contribution in [3.8, 4) is 5.75 Å². The quantitative estimate of drug-likeness (QED) is 0.470. The van der Waals surface area contributed by atoms with Crippen LogP contribution in [0.2, 0.25) is 0 Å². The molecule has 11 heteroatoms. The molecular formula is C27H28N6O5. The van der Waals surface area contributed by atoms with Crippen molar-refractivity contribution >= 4 is 23.4 Å². The molecule has 2 fully saturated rings. The van der Waals surface area contributed by atoms with E-state index in [9.17, 15) is 14.4 Å². The number of carbonyl (C=O) groups is 3. The molecule has 196 valence electrons. The third kappa shape index (κ3) is 4.84. The molecule has 38 heavy (non-hydrogen) atoms. The largest absolute Gasteiger partial charge is 0.487 e. The number of nitrogens with zero attached hydrogens (tertiary/aromatic N) is 5. The molecule has 1 atom stereocenters. The van der Waals surface area contributed by atoms with Crippen molar-refractivity contribution in [3.05, 3.63) is 71.0 Å². The fourth-order valence-electron chi connectivity index (χ4n) is 5.15. The van der Waals surface area contributed by atoms with Crippen molar-refractivity contribution in [1.29, 1.82) is 0 Å². The highest BCUT2D eigenvalue weighted by Crippen LogP contribution is 2.33. The van der Waals surface area contributed by atoms with E-state index < -0.39 is 11.9 Å². The summed E-state index contributed by atoms with van der Waals surface area (Å²) in [6.45, 7) is 4.35. The lowest BCUT2D eigenvalue weighted by Crippen LogP contribution is -2.52. The fourth-order valence-corrected chi connectivity index (χ4v) is 5.15. The number of imide groups is 1. The first-order chi connectivity index (χ1) is 18.5. The lowest BCUT2D eigenvalue weighted by molar-refractivity contribution is -0.136. The highest BCUT2D eigenvalue weighted by molar-refractivity contribution is 6.05. The van der Waals surface area contributed by atoms with Gasteiger partial charge in [-0.25, -0.2) is 4.68 Å². The monoisotopic (exact) mass is 516 g/mol. The zero-order valence-corrected chi connectivity index (χ0v) is 20.8. The van der Waals surface area contributed by atoms with Crippen LogP contribution in [0.25, 0.3) is 0 Å². The molecule has 0 saturated carbocycles. The molecule has 3 aromatic rings. The van der Waals surface area contributed by atoms with Gasteiger partial charge >= 0.3 is 0 Å². The SMILES string of the molecule is O=C1CCC(N2Cc3c(OCc4cn(Cc5ccc(N6CCOCC6)cc5)nn4)cccc3C2=O)C(=O)N1. The Bertz CT molecular complexity index is 1360. The number of hydrogen-bond acceptors (Lipinski definition) is 8. The van der Waals surface area contributed by atoms with Gasteiger partial charge in [0.15, 0.2) is 0 Å². The van der Waals surface area contributed by atoms with Crippen LogP contribution in [0.4, 0.5) is 5.69 Å². The summed E-state index contributed by atoms with van der Waals surface area (Å²) in [4.78, 5) is 40.7. The maximum atomic E-state index is 13.0. The van der Waals surface area contributed by atoms with Crippen LogP contribution in [-0.2, 0) is 34.0 Å². The van der Waals surface area contributed by atoms with E-state index in [2.05, 4.69) is 44.8 Å². The number of carbonyl (C=O) groups excluding carboxylic acids is 3. The normalized spacial score (nSPS) is 19.5. The summed E-state index contributed by atoms with van der Waals surface area (Å²) in [5, 5.41) is 10.8. The van der Waals surface area contributed by atoms with E-state index in [0.29, 0.717) is 30.0 Å². The summed E-state index contributed by atoms with van der Waals surface area (Å²) in [6, 6.07) is 13.1. The van der Waals surface area contributed by atoms with Gasteiger partial charge in [-0.3, -0.25) is 19.7 Å². The van der Waals surface area contributed by atoms with E-state index in [4.69, 9.17) is 9.47 Å². The van der Waals surface area contributed by atoms with Crippen molar-refractivity contribution in [2.75, 3.05) is 31.2 Å². The number of rotatable bonds is 7. The molecule has 3 aliphatic rings. The van der Waals surface area contributed by atoms with Gasteiger partial charge in [-0.2, -0.15) is 0 Å². The molecule has 0 spiro atoms. The summed E-state index contributed by atoms with van der Waals surface area (Å²) in [5.74, 6) is -0.404. The molecule has 0 aliphatic carbocycles. The van der Waals surface area contributed by atoms with Gasteiger partial charge < -0.3 is 19.3 Å². The zero-order chi connectivity index (χ0) is 26.1. The van der Waals surface area contributed by atoms with E-state index in [1.165, 1.54) is 10.6 Å². The van der Waals surface area contributed by atoms with Gasteiger partial charge in [0.1, 0.15) is 24.1 Å². The minimum absolute atomic E-state index is 0.193. The summed E-state index contributed by atoms with van der Waals surface area (Å²) < 4.78 is 13.2. The molecule has 3 aliphatic heterocycles. The average Bonchev–Trinajstić information content (AvgIpc) is 3.52. The third-order valence-electron chi connectivity index (χ3n) is 7.16. The summed E-state index contributed by atoms with van der Waals surface area (Å²) in [5.41, 5.74) is 4.22. The van der Waals surface area contributed by atoms with Crippen molar-refractivity contribution in [2.24, 2.45) is 0 Å². The van der Waals surface area contributed by atoms with Gasteiger partial charge in [0.25, 0.3) is 5.91 Å². The Labute approximate surface area is 219 Å². The molecule has 3 amide bonds. The number of aromatic nitrogens is 3. The Kier molecular flexibility index (Phi) is 6.50. The smallest absolute Gasteiger partial charge is 0.255 e. The zero-order valence-electron chi connectivity index (χ0n) is 20.8. The van der Waals surface area contributed by atoms with Crippen LogP contribution in [0.3, 0.4) is 0 Å². The third-order valence-corrected chi connectivity index (χ3v) is 7.16. The number of amides is 3. The first kappa shape index (κ1) is 24.1. The van der Waals surface area contributed by atoms with Crippen LogP contribution < -0.4 is 15.0 Å². The van der Waals surface area contributed by atoms with Crippen molar-refractivity contribution in [1.82, 2.24) is 25.2 Å². The first-order valence-corrected chi connectivity index (χ1v) is 12.7. The van der Waals surface area contributed by atoms with Gasteiger partial charge in [0.05, 0.1) is 32.5 Å². The van der Waals surface area contributed by atoms with Crippen LogP contribution in [-0.4, -0.2) is 70.0 Å². The topological polar surface area (TPSA) is 119 Å². The Morgan fingerprint density at radius 1 is 1.05 bits per heavy atom. The molecule has 4 heterocycles. The van der Waals surface area contributed by atoms with Gasteiger partial charge in [-0.1, -0.05) is 23.4 Å². The fraction of sp³-hybridized carbons (Fsp3) is 0.370. The van der Waals surface area contributed by atoms with Crippen molar-refractivity contribution < 1.29 is 23.9 Å². The molecule has 2 saturated heterocycles. The molecule has 11 nitrogen and oxygen atoms in total. The maximum Gasteiger partial charge on any atom is 0.255 e. The Morgan fingerprint density at radius 2 is 1.87 bits per heavy atom. The number of morpholine rings is 1. The summed E-state index contributed by atoms with van der Waals surface area (Å²) in [6.07, 6.45) is 2.38.